The zero-order valence-corrected chi connectivity index (χ0v) is 11.5. The molecule has 0 bridgehead atoms. The second kappa shape index (κ2) is 5.53. The summed E-state index contributed by atoms with van der Waals surface area (Å²) in [5.74, 6) is -1.00. The Morgan fingerprint density at radius 3 is 2.22 bits per heavy atom. The van der Waals surface area contributed by atoms with E-state index < -0.39 is 25.9 Å². The molecule has 0 saturated heterocycles. The quantitative estimate of drug-likeness (QED) is 0.732. The van der Waals surface area contributed by atoms with Gasteiger partial charge in [0, 0.05) is 10.6 Å². The van der Waals surface area contributed by atoms with Gasteiger partial charge < -0.3 is 0 Å². The van der Waals surface area contributed by atoms with Gasteiger partial charge in [-0.3, -0.25) is 0 Å². The number of hydrogen-bond donors (Lipinski definition) is 2. The Balaban J connectivity index is 2.81. The van der Waals surface area contributed by atoms with Gasteiger partial charge in [0.05, 0.1) is 10.6 Å². The molecule has 0 aliphatic carbocycles. The van der Waals surface area contributed by atoms with Crippen LogP contribution in [0.4, 0.5) is 4.39 Å². The Kier molecular flexibility index (Phi) is 4.72. The van der Waals surface area contributed by atoms with Gasteiger partial charge in [0.25, 0.3) is 0 Å². The molecule has 0 unspecified atom stereocenters. The molecule has 1 rings (SSSR count). The molecule has 0 aliphatic rings. The van der Waals surface area contributed by atoms with Gasteiger partial charge in [-0.2, -0.15) is 0 Å². The average Bonchev–Trinajstić information content (AvgIpc) is 2.17. The van der Waals surface area contributed by atoms with E-state index in [0.717, 1.165) is 23.9 Å². The van der Waals surface area contributed by atoms with Gasteiger partial charge in [-0.05, 0) is 18.2 Å². The number of sulfonamides is 2. The molecule has 0 atom stereocenters. The summed E-state index contributed by atoms with van der Waals surface area (Å²) in [5.41, 5.74) is 0. The molecular weight excluding hydrogens is 303 g/mol. The summed E-state index contributed by atoms with van der Waals surface area (Å²) in [5, 5.41) is 9.62. The highest BCUT2D eigenvalue weighted by molar-refractivity contribution is 8.00. The van der Waals surface area contributed by atoms with Gasteiger partial charge in [0.1, 0.15) is 5.82 Å². The Morgan fingerprint density at radius 1 is 1.17 bits per heavy atom. The van der Waals surface area contributed by atoms with Crippen LogP contribution in [0.25, 0.3) is 0 Å². The zero-order valence-electron chi connectivity index (χ0n) is 9.04. The van der Waals surface area contributed by atoms with Crippen LogP contribution in [-0.4, -0.2) is 28.3 Å². The lowest BCUT2D eigenvalue weighted by Crippen LogP contribution is -2.17. The summed E-state index contributed by atoms with van der Waals surface area (Å²) in [4.78, 5) is -0.207. The molecule has 102 valence electrons. The lowest BCUT2D eigenvalue weighted by molar-refractivity contribution is 0.584. The Morgan fingerprint density at radius 2 is 1.78 bits per heavy atom. The molecule has 0 spiro atoms. The van der Waals surface area contributed by atoms with Crippen molar-refractivity contribution in [3.05, 3.63) is 24.0 Å². The normalized spacial score (nSPS) is 12.6. The van der Waals surface area contributed by atoms with Crippen molar-refractivity contribution in [3.8, 4) is 0 Å². The summed E-state index contributed by atoms with van der Waals surface area (Å²) < 4.78 is 56.7. The van der Waals surface area contributed by atoms with Gasteiger partial charge in [0.2, 0.25) is 20.0 Å². The van der Waals surface area contributed by atoms with E-state index in [2.05, 4.69) is 0 Å². The first-order chi connectivity index (χ1) is 8.09. The number of halogens is 1. The predicted molar refractivity (Wildman–Crippen MR) is 66.5 cm³/mol. The standard InChI is InChI=1S/C8H11FN2O4S3/c9-7-5-6(18(11,14)15)1-2-8(7)16-3-4-17(10,12)13/h1-2,5H,3-4H2,(H2,10,12,13)(H2,11,14,15). The van der Waals surface area contributed by atoms with Crippen LogP contribution in [0, 0.1) is 5.82 Å². The third-order valence-corrected chi connectivity index (χ3v) is 4.85. The lowest BCUT2D eigenvalue weighted by Gasteiger charge is -2.04. The number of thioether (sulfide) groups is 1. The summed E-state index contributed by atoms with van der Waals surface area (Å²) in [7, 11) is -7.55. The molecule has 1 aromatic rings. The van der Waals surface area contributed by atoms with E-state index >= 15 is 0 Å². The Hall–Kier alpha value is -0.680. The van der Waals surface area contributed by atoms with Crippen molar-refractivity contribution in [2.75, 3.05) is 11.5 Å². The fraction of sp³-hybridized carbons (Fsp3) is 0.250. The van der Waals surface area contributed by atoms with Crippen molar-refractivity contribution in [1.82, 2.24) is 0 Å². The molecule has 0 heterocycles. The van der Waals surface area contributed by atoms with Gasteiger partial charge >= 0.3 is 0 Å². The molecule has 0 aliphatic heterocycles. The second-order valence-corrected chi connectivity index (χ2v) is 7.78. The van der Waals surface area contributed by atoms with E-state index in [4.69, 9.17) is 10.3 Å². The summed E-state index contributed by atoms with van der Waals surface area (Å²) >= 11 is 0.923. The number of nitrogens with two attached hydrogens (primary N) is 2. The maximum atomic E-state index is 13.5. The second-order valence-electron chi connectivity index (χ2n) is 3.35. The van der Waals surface area contributed by atoms with Crippen molar-refractivity contribution in [2.45, 2.75) is 9.79 Å². The maximum Gasteiger partial charge on any atom is 0.238 e. The first-order valence-electron chi connectivity index (χ1n) is 4.55. The SMILES string of the molecule is NS(=O)(=O)CCSc1ccc(S(N)(=O)=O)cc1F. The molecule has 10 heteroatoms. The van der Waals surface area contributed by atoms with Gasteiger partial charge in [0.15, 0.2) is 0 Å². The molecular formula is C8H11FN2O4S3. The van der Waals surface area contributed by atoms with Crippen LogP contribution < -0.4 is 10.3 Å². The minimum atomic E-state index is -3.95. The highest BCUT2D eigenvalue weighted by atomic mass is 32.2. The molecule has 4 N–H and O–H groups in total. The topological polar surface area (TPSA) is 120 Å². The van der Waals surface area contributed by atoms with Crippen molar-refractivity contribution in [3.63, 3.8) is 0 Å². The van der Waals surface area contributed by atoms with Crippen LogP contribution in [0.3, 0.4) is 0 Å². The number of benzene rings is 1. The van der Waals surface area contributed by atoms with Crippen LogP contribution in [0.15, 0.2) is 28.0 Å². The van der Waals surface area contributed by atoms with Crippen molar-refractivity contribution in [2.24, 2.45) is 10.3 Å². The summed E-state index contributed by atoms with van der Waals surface area (Å²) in [6, 6.07) is 3.16. The summed E-state index contributed by atoms with van der Waals surface area (Å²) in [6.07, 6.45) is 0. The van der Waals surface area contributed by atoms with E-state index in [9.17, 15) is 21.2 Å². The maximum absolute atomic E-state index is 13.5. The fourth-order valence-electron chi connectivity index (χ4n) is 1.04. The zero-order chi connectivity index (χ0) is 14.0. The third-order valence-electron chi connectivity index (χ3n) is 1.86. The van der Waals surface area contributed by atoms with Gasteiger partial charge in [-0.15, -0.1) is 11.8 Å². The highest BCUT2D eigenvalue weighted by Gasteiger charge is 2.12. The summed E-state index contributed by atoms with van der Waals surface area (Å²) in [6.45, 7) is 0. The number of rotatable bonds is 5. The molecule has 6 nitrogen and oxygen atoms in total. The minimum Gasteiger partial charge on any atom is -0.229 e. The fourth-order valence-corrected chi connectivity index (χ4v) is 3.41. The predicted octanol–water partition coefficient (Wildman–Crippen LogP) is -0.146. The van der Waals surface area contributed by atoms with Crippen LogP contribution in [-0.2, 0) is 20.0 Å². The van der Waals surface area contributed by atoms with E-state index in [1.807, 2.05) is 0 Å². The van der Waals surface area contributed by atoms with Gasteiger partial charge in [-0.1, -0.05) is 0 Å². The average molecular weight is 314 g/mol. The van der Waals surface area contributed by atoms with Crippen molar-refractivity contribution < 1.29 is 21.2 Å². The first-order valence-corrected chi connectivity index (χ1v) is 8.80. The first kappa shape index (κ1) is 15.4. The molecule has 1 aromatic carbocycles. The van der Waals surface area contributed by atoms with Crippen LogP contribution >= 0.6 is 11.8 Å². The smallest absolute Gasteiger partial charge is 0.229 e. The number of primary sulfonamides is 2. The molecule has 0 radical (unpaired) electrons. The molecule has 18 heavy (non-hydrogen) atoms. The largest absolute Gasteiger partial charge is 0.238 e. The van der Waals surface area contributed by atoms with E-state index in [0.29, 0.717) is 0 Å². The monoisotopic (exact) mass is 314 g/mol. The van der Waals surface area contributed by atoms with E-state index in [1.54, 1.807) is 0 Å². The van der Waals surface area contributed by atoms with Crippen LogP contribution in [0.5, 0.6) is 0 Å². The van der Waals surface area contributed by atoms with Gasteiger partial charge in [-0.25, -0.2) is 31.5 Å². The van der Waals surface area contributed by atoms with Crippen molar-refractivity contribution >= 4 is 31.8 Å². The molecule has 0 aromatic heterocycles. The highest BCUT2D eigenvalue weighted by Crippen LogP contribution is 2.23. The van der Waals surface area contributed by atoms with E-state index in [-0.39, 0.29) is 21.3 Å². The molecule has 0 saturated carbocycles. The molecule has 0 amide bonds. The Labute approximate surface area is 109 Å². The van der Waals surface area contributed by atoms with Crippen LogP contribution in [0.2, 0.25) is 0 Å². The molecule has 0 fully saturated rings. The third kappa shape index (κ3) is 4.90. The van der Waals surface area contributed by atoms with Crippen molar-refractivity contribution in [1.29, 1.82) is 0 Å². The minimum absolute atomic E-state index is 0.0739. The van der Waals surface area contributed by atoms with E-state index in [1.165, 1.54) is 6.07 Å². The number of hydrogen-bond acceptors (Lipinski definition) is 5. The lowest BCUT2D eigenvalue weighted by atomic mass is 10.3. The van der Waals surface area contributed by atoms with Crippen LogP contribution in [0.1, 0.15) is 0 Å². The Bertz CT molecular complexity index is 642.